The largest absolute Gasteiger partial charge is 0.372 e. The fourth-order valence-corrected chi connectivity index (χ4v) is 5.25. The minimum Gasteiger partial charge on any atom is -0.372 e. The van der Waals surface area contributed by atoms with E-state index in [1.54, 1.807) is 0 Å². The number of allylic oxidation sites excluding steroid dienone is 2. The van der Waals surface area contributed by atoms with Crippen LogP contribution in [0.25, 0.3) is 0 Å². The van der Waals surface area contributed by atoms with E-state index in [1.165, 1.54) is 36.2 Å². The summed E-state index contributed by atoms with van der Waals surface area (Å²) in [7, 11) is 0. The molecule has 2 heterocycles. The van der Waals surface area contributed by atoms with Gasteiger partial charge in [0.25, 0.3) is 5.91 Å². The van der Waals surface area contributed by atoms with Crippen molar-refractivity contribution in [1.82, 2.24) is 4.90 Å². The average molecular weight is 417 g/mol. The minimum absolute atomic E-state index is 0.162. The van der Waals surface area contributed by atoms with E-state index in [-0.39, 0.29) is 12.0 Å². The summed E-state index contributed by atoms with van der Waals surface area (Å²) >= 11 is 0. The van der Waals surface area contributed by atoms with Crippen molar-refractivity contribution in [3.63, 3.8) is 0 Å². The first kappa shape index (κ1) is 20.3. The third kappa shape index (κ3) is 4.54. The van der Waals surface area contributed by atoms with Gasteiger partial charge in [0.05, 0.1) is 12.7 Å². The Kier molecular flexibility index (Phi) is 6.08. The highest BCUT2D eigenvalue weighted by Crippen LogP contribution is 2.36. The fourth-order valence-electron chi connectivity index (χ4n) is 5.25. The van der Waals surface area contributed by atoms with Crippen LogP contribution in [0, 0.1) is 5.92 Å². The molecule has 0 spiro atoms. The van der Waals surface area contributed by atoms with Gasteiger partial charge in [-0.2, -0.15) is 0 Å². The highest BCUT2D eigenvalue weighted by atomic mass is 16.5. The maximum Gasteiger partial charge on any atom is 0.258 e. The Hall–Kier alpha value is -2.59. The molecule has 2 fully saturated rings. The summed E-state index contributed by atoms with van der Waals surface area (Å²) in [5, 5.41) is 0. The molecule has 4 heteroatoms. The molecule has 1 aliphatic carbocycles. The number of amides is 1. The van der Waals surface area contributed by atoms with Crippen molar-refractivity contribution in [1.29, 1.82) is 0 Å². The molecular formula is C27H32N2O2. The predicted octanol–water partition coefficient (Wildman–Crippen LogP) is 5.40. The summed E-state index contributed by atoms with van der Waals surface area (Å²) in [5.41, 5.74) is 4.48. The van der Waals surface area contributed by atoms with Gasteiger partial charge in [0.1, 0.15) is 0 Å². The van der Waals surface area contributed by atoms with E-state index < -0.39 is 0 Å². The molecule has 0 N–H and O–H groups in total. The average Bonchev–Trinajstić information content (AvgIpc) is 3.32. The van der Waals surface area contributed by atoms with Gasteiger partial charge in [-0.3, -0.25) is 4.79 Å². The van der Waals surface area contributed by atoms with Crippen LogP contribution >= 0.6 is 0 Å². The standard InChI is InChI=1S/C27H32N2O2/c30-27(29-17-6-10-22-9-4-5-11-26(22)29)23-12-14-24(15-13-23)28-18-16-25(19-28)31-20-21-7-2-1-3-8-21/h1-3,7-8,11-15,22,25H,4-6,9-10,16-20H2. The first-order valence-corrected chi connectivity index (χ1v) is 11.8. The molecule has 5 rings (SSSR count). The number of ether oxygens (including phenoxy) is 1. The molecular weight excluding hydrogens is 384 g/mol. The van der Waals surface area contributed by atoms with Crippen LogP contribution in [0.5, 0.6) is 0 Å². The number of fused-ring (bicyclic) bond motifs is 1. The zero-order chi connectivity index (χ0) is 21.0. The van der Waals surface area contributed by atoms with Crippen molar-refractivity contribution in [2.24, 2.45) is 5.92 Å². The molecule has 2 aliphatic heterocycles. The Morgan fingerprint density at radius 2 is 1.74 bits per heavy atom. The summed E-state index contributed by atoms with van der Waals surface area (Å²) in [6.45, 7) is 3.42. The molecule has 2 aromatic carbocycles. The van der Waals surface area contributed by atoms with Crippen LogP contribution in [-0.2, 0) is 11.3 Å². The van der Waals surface area contributed by atoms with Gasteiger partial charge in [0, 0.05) is 36.6 Å². The van der Waals surface area contributed by atoms with E-state index in [0.29, 0.717) is 12.5 Å². The van der Waals surface area contributed by atoms with Gasteiger partial charge in [0.15, 0.2) is 0 Å². The molecule has 3 aliphatic rings. The van der Waals surface area contributed by atoms with Crippen LogP contribution < -0.4 is 4.90 Å². The molecule has 1 amide bonds. The molecule has 162 valence electrons. The van der Waals surface area contributed by atoms with Gasteiger partial charge in [-0.05, 0) is 74.3 Å². The number of hydrogen-bond acceptors (Lipinski definition) is 3. The Morgan fingerprint density at radius 3 is 2.58 bits per heavy atom. The third-order valence-corrected chi connectivity index (χ3v) is 6.97. The molecule has 4 nitrogen and oxygen atoms in total. The smallest absolute Gasteiger partial charge is 0.258 e. The second kappa shape index (κ2) is 9.27. The Labute approximate surface area is 185 Å². The van der Waals surface area contributed by atoms with Crippen LogP contribution in [0.2, 0.25) is 0 Å². The predicted molar refractivity (Wildman–Crippen MR) is 124 cm³/mol. The number of hydrogen-bond donors (Lipinski definition) is 0. The van der Waals surface area contributed by atoms with E-state index in [4.69, 9.17) is 4.74 Å². The highest BCUT2D eigenvalue weighted by Gasteiger charge is 2.31. The molecule has 0 bridgehead atoms. The van der Waals surface area contributed by atoms with Crippen molar-refractivity contribution < 1.29 is 9.53 Å². The first-order chi connectivity index (χ1) is 15.3. The van der Waals surface area contributed by atoms with Crippen LogP contribution in [0.4, 0.5) is 5.69 Å². The summed E-state index contributed by atoms with van der Waals surface area (Å²) < 4.78 is 6.12. The van der Waals surface area contributed by atoms with E-state index in [2.05, 4.69) is 47.4 Å². The number of nitrogens with zero attached hydrogens (tertiary/aromatic N) is 2. The maximum atomic E-state index is 13.2. The number of likely N-dealkylation sites (tertiary alicyclic amines) is 1. The number of carbonyl (C=O) groups excluding carboxylic acids is 1. The number of benzene rings is 2. The zero-order valence-electron chi connectivity index (χ0n) is 18.2. The van der Waals surface area contributed by atoms with E-state index in [0.717, 1.165) is 44.5 Å². The Bertz CT molecular complexity index is 922. The van der Waals surface area contributed by atoms with Crippen molar-refractivity contribution >= 4 is 11.6 Å². The summed E-state index contributed by atoms with van der Waals surface area (Å²) in [6.07, 6.45) is 9.55. The van der Waals surface area contributed by atoms with Gasteiger partial charge in [-0.15, -0.1) is 0 Å². The third-order valence-electron chi connectivity index (χ3n) is 6.97. The Balaban J connectivity index is 1.19. The lowest BCUT2D eigenvalue weighted by atomic mass is 9.84. The lowest BCUT2D eigenvalue weighted by Gasteiger charge is -2.38. The van der Waals surface area contributed by atoms with Crippen molar-refractivity contribution in [3.8, 4) is 0 Å². The van der Waals surface area contributed by atoms with E-state index in [9.17, 15) is 4.79 Å². The summed E-state index contributed by atoms with van der Waals surface area (Å²) in [4.78, 5) is 17.6. The quantitative estimate of drug-likeness (QED) is 0.654. The van der Waals surface area contributed by atoms with Gasteiger partial charge in [-0.1, -0.05) is 36.4 Å². The van der Waals surface area contributed by atoms with E-state index >= 15 is 0 Å². The fraction of sp³-hybridized carbons (Fsp3) is 0.444. The van der Waals surface area contributed by atoms with Crippen LogP contribution in [0.15, 0.2) is 66.4 Å². The summed E-state index contributed by atoms with van der Waals surface area (Å²) in [6, 6.07) is 18.6. The number of rotatable bonds is 5. The molecule has 2 atom stereocenters. The number of piperidine rings is 1. The molecule has 2 aromatic rings. The normalized spacial score (nSPS) is 23.4. The number of carbonyl (C=O) groups is 1. The lowest BCUT2D eigenvalue weighted by Crippen LogP contribution is -2.39. The second-order valence-corrected chi connectivity index (χ2v) is 9.06. The van der Waals surface area contributed by atoms with Gasteiger partial charge in [0.2, 0.25) is 0 Å². The van der Waals surface area contributed by atoms with Gasteiger partial charge in [-0.25, -0.2) is 0 Å². The monoisotopic (exact) mass is 416 g/mol. The zero-order valence-corrected chi connectivity index (χ0v) is 18.2. The minimum atomic E-state index is 0.162. The van der Waals surface area contributed by atoms with Crippen molar-refractivity contribution in [2.45, 2.75) is 51.2 Å². The van der Waals surface area contributed by atoms with Crippen LogP contribution in [0.3, 0.4) is 0 Å². The molecule has 2 unspecified atom stereocenters. The van der Waals surface area contributed by atoms with Crippen LogP contribution in [-0.4, -0.2) is 36.5 Å². The molecule has 2 saturated heterocycles. The molecule has 0 saturated carbocycles. The van der Waals surface area contributed by atoms with Gasteiger partial charge < -0.3 is 14.5 Å². The summed E-state index contributed by atoms with van der Waals surface area (Å²) in [5.74, 6) is 0.748. The topological polar surface area (TPSA) is 32.8 Å². The van der Waals surface area contributed by atoms with Gasteiger partial charge >= 0.3 is 0 Å². The molecule has 0 radical (unpaired) electrons. The second-order valence-electron chi connectivity index (χ2n) is 9.06. The Morgan fingerprint density at radius 1 is 0.935 bits per heavy atom. The molecule has 0 aromatic heterocycles. The van der Waals surface area contributed by atoms with Crippen LogP contribution in [0.1, 0.15) is 54.4 Å². The first-order valence-electron chi connectivity index (χ1n) is 11.8. The van der Waals surface area contributed by atoms with Crippen molar-refractivity contribution in [2.75, 3.05) is 24.5 Å². The van der Waals surface area contributed by atoms with E-state index in [1.807, 2.05) is 23.1 Å². The SMILES string of the molecule is O=C(c1ccc(N2CCC(OCc3ccccc3)C2)cc1)N1CCCC2CCCC=C21. The number of anilines is 1. The molecule has 31 heavy (non-hydrogen) atoms. The lowest BCUT2D eigenvalue weighted by molar-refractivity contribution is 0.0553. The highest BCUT2D eigenvalue weighted by molar-refractivity contribution is 5.95. The maximum absolute atomic E-state index is 13.2. The van der Waals surface area contributed by atoms with Crippen molar-refractivity contribution in [3.05, 3.63) is 77.5 Å².